The fourth-order valence-corrected chi connectivity index (χ4v) is 3.39. The summed E-state index contributed by atoms with van der Waals surface area (Å²) in [5, 5.41) is 17.3. The van der Waals surface area contributed by atoms with E-state index in [9.17, 15) is 19.1 Å². The van der Waals surface area contributed by atoms with Crippen LogP contribution in [0.1, 0.15) is 34.9 Å². The highest BCUT2D eigenvalue weighted by atomic mass is 19.1. The van der Waals surface area contributed by atoms with Gasteiger partial charge in [0.1, 0.15) is 11.6 Å². The molecule has 7 nitrogen and oxygen atoms in total. The van der Waals surface area contributed by atoms with Crippen LogP contribution >= 0.6 is 0 Å². The van der Waals surface area contributed by atoms with Crippen LogP contribution in [0.25, 0.3) is 0 Å². The van der Waals surface area contributed by atoms with E-state index in [0.717, 1.165) is 0 Å². The number of aromatic nitrogens is 3. The Morgan fingerprint density at radius 3 is 2.60 bits per heavy atom. The summed E-state index contributed by atoms with van der Waals surface area (Å²) in [6.07, 6.45) is 0.562. The monoisotopic (exact) mass is 348 g/mol. The molecule has 2 aromatic rings. The van der Waals surface area contributed by atoms with Crippen molar-refractivity contribution in [1.29, 1.82) is 0 Å². The van der Waals surface area contributed by atoms with Crippen molar-refractivity contribution in [2.45, 2.75) is 24.9 Å². The minimum absolute atomic E-state index is 0.0263. The first kappa shape index (κ1) is 17.3. The lowest BCUT2D eigenvalue weighted by Gasteiger charge is -2.15. The Kier molecular flexibility index (Phi) is 4.71. The van der Waals surface area contributed by atoms with Crippen molar-refractivity contribution >= 4 is 5.91 Å². The van der Waals surface area contributed by atoms with Crippen LogP contribution in [0.3, 0.4) is 0 Å². The SMILES string of the molecule is Cn1nc([C@H]2C[C@H](CNC(=O)c3ccc(F)cc3)[C@H](O)C2)n(C)c1=O. The molecule has 1 heterocycles. The smallest absolute Gasteiger partial charge is 0.345 e. The maximum absolute atomic E-state index is 12.9. The van der Waals surface area contributed by atoms with Gasteiger partial charge in [0, 0.05) is 38.0 Å². The molecule has 1 aromatic carbocycles. The summed E-state index contributed by atoms with van der Waals surface area (Å²) in [6, 6.07) is 5.30. The molecule has 8 heteroatoms. The van der Waals surface area contributed by atoms with Crippen LogP contribution in [-0.4, -0.2) is 38.0 Å². The van der Waals surface area contributed by atoms with Gasteiger partial charge in [-0.3, -0.25) is 9.36 Å². The van der Waals surface area contributed by atoms with Crippen LogP contribution in [0.4, 0.5) is 4.39 Å². The predicted octanol–water partition coefficient (Wildman–Crippen LogP) is 0.542. The van der Waals surface area contributed by atoms with Gasteiger partial charge in [0.2, 0.25) is 0 Å². The van der Waals surface area contributed by atoms with Gasteiger partial charge in [-0.15, -0.1) is 0 Å². The molecule has 3 rings (SSSR count). The normalized spacial score (nSPS) is 23.0. The average molecular weight is 348 g/mol. The van der Waals surface area contributed by atoms with E-state index in [-0.39, 0.29) is 23.4 Å². The van der Waals surface area contributed by atoms with Crippen molar-refractivity contribution in [2.75, 3.05) is 6.54 Å². The minimum atomic E-state index is -0.573. The summed E-state index contributed by atoms with van der Waals surface area (Å²) in [5.74, 6) is -0.195. The molecular formula is C17H21FN4O3. The second-order valence-corrected chi connectivity index (χ2v) is 6.54. The molecule has 134 valence electrons. The number of carbonyl (C=O) groups is 1. The molecule has 2 N–H and O–H groups in total. The first-order chi connectivity index (χ1) is 11.9. The number of aliphatic hydroxyl groups is 1. The molecule has 0 unspecified atom stereocenters. The van der Waals surface area contributed by atoms with Crippen molar-refractivity contribution < 1.29 is 14.3 Å². The van der Waals surface area contributed by atoms with E-state index in [1.807, 2.05) is 0 Å². The Bertz CT molecular complexity index is 827. The molecule has 1 aliphatic carbocycles. The molecule has 1 amide bonds. The number of nitrogens with zero attached hydrogens (tertiary/aromatic N) is 3. The van der Waals surface area contributed by atoms with Crippen LogP contribution in [0, 0.1) is 11.7 Å². The summed E-state index contributed by atoms with van der Waals surface area (Å²) in [7, 11) is 3.26. The van der Waals surface area contributed by atoms with Crippen LogP contribution in [0.5, 0.6) is 0 Å². The lowest BCUT2D eigenvalue weighted by Crippen LogP contribution is -2.32. The van der Waals surface area contributed by atoms with Gasteiger partial charge in [-0.05, 0) is 37.1 Å². The molecule has 1 aromatic heterocycles. The summed E-state index contributed by atoms with van der Waals surface area (Å²) >= 11 is 0. The van der Waals surface area contributed by atoms with Gasteiger partial charge in [0.05, 0.1) is 6.10 Å². The number of nitrogens with one attached hydrogen (secondary N) is 1. The fraction of sp³-hybridized carbons (Fsp3) is 0.471. The second kappa shape index (κ2) is 6.79. The van der Waals surface area contributed by atoms with Crippen LogP contribution in [0.2, 0.25) is 0 Å². The molecule has 0 radical (unpaired) electrons. The van der Waals surface area contributed by atoms with Gasteiger partial charge in [-0.1, -0.05) is 0 Å². The van der Waals surface area contributed by atoms with E-state index in [1.165, 1.54) is 33.5 Å². The van der Waals surface area contributed by atoms with Gasteiger partial charge in [0.15, 0.2) is 0 Å². The molecule has 1 aliphatic rings. The Hall–Kier alpha value is -2.48. The molecule has 0 bridgehead atoms. The van der Waals surface area contributed by atoms with Gasteiger partial charge in [-0.25, -0.2) is 13.9 Å². The third-order valence-electron chi connectivity index (χ3n) is 4.81. The summed E-state index contributed by atoms with van der Waals surface area (Å²) < 4.78 is 15.7. The first-order valence-corrected chi connectivity index (χ1v) is 8.18. The summed E-state index contributed by atoms with van der Waals surface area (Å²) in [6.45, 7) is 0.314. The summed E-state index contributed by atoms with van der Waals surface area (Å²) in [5.41, 5.74) is 0.176. The number of aryl methyl sites for hydroxylation is 1. The number of hydrogen-bond donors (Lipinski definition) is 2. The number of rotatable bonds is 4. The van der Waals surface area contributed by atoms with Gasteiger partial charge < -0.3 is 10.4 Å². The lowest BCUT2D eigenvalue weighted by molar-refractivity contribution is 0.0916. The maximum Gasteiger partial charge on any atom is 0.345 e. The van der Waals surface area contributed by atoms with E-state index < -0.39 is 11.9 Å². The molecule has 1 fully saturated rings. The fourth-order valence-electron chi connectivity index (χ4n) is 3.39. The highest BCUT2D eigenvalue weighted by Crippen LogP contribution is 2.37. The zero-order chi connectivity index (χ0) is 18.1. The van der Waals surface area contributed by atoms with Gasteiger partial charge >= 0.3 is 5.69 Å². The predicted molar refractivity (Wildman–Crippen MR) is 88.7 cm³/mol. The van der Waals surface area contributed by atoms with Crippen LogP contribution < -0.4 is 11.0 Å². The number of benzene rings is 1. The van der Waals surface area contributed by atoms with E-state index >= 15 is 0 Å². The van der Waals surface area contributed by atoms with E-state index in [4.69, 9.17) is 0 Å². The van der Waals surface area contributed by atoms with E-state index in [0.29, 0.717) is 30.8 Å². The van der Waals surface area contributed by atoms with Crippen LogP contribution in [-0.2, 0) is 14.1 Å². The second-order valence-electron chi connectivity index (χ2n) is 6.54. The van der Waals surface area contributed by atoms with Crippen LogP contribution in [0.15, 0.2) is 29.1 Å². The highest BCUT2D eigenvalue weighted by Gasteiger charge is 2.36. The highest BCUT2D eigenvalue weighted by molar-refractivity contribution is 5.94. The van der Waals surface area contributed by atoms with Gasteiger partial charge in [-0.2, -0.15) is 5.10 Å². The van der Waals surface area contributed by atoms with E-state index in [1.54, 1.807) is 14.1 Å². The molecule has 0 spiro atoms. The number of hydrogen-bond acceptors (Lipinski definition) is 4. The molecule has 1 saturated carbocycles. The van der Waals surface area contributed by atoms with Crippen molar-refractivity contribution in [3.05, 3.63) is 52.0 Å². The molecule has 3 atom stereocenters. The van der Waals surface area contributed by atoms with Gasteiger partial charge in [0.25, 0.3) is 5.91 Å². The Balaban J connectivity index is 1.62. The third-order valence-corrected chi connectivity index (χ3v) is 4.81. The molecule has 25 heavy (non-hydrogen) atoms. The minimum Gasteiger partial charge on any atom is -0.393 e. The van der Waals surface area contributed by atoms with Crippen molar-refractivity contribution in [3.8, 4) is 0 Å². The topological polar surface area (TPSA) is 89.2 Å². The first-order valence-electron chi connectivity index (χ1n) is 8.18. The quantitative estimate of drug-likeness (QED) is 0.844. The standard InChI is InChI=1S/C17H21FN4O3/c1-21-15(20-22(2)17(21)25)11-7-12(14(23)8-11)9-19-16(24)10-3-5-13(18)6-4-10/h3-6,11-12,14,23H,7-9H2,1-2H3,(H,19,24)/t11-,12+,14+/m0/s1. The maximum atomic E-state index is 12.9. The van der Waals surface area contributed by atoms with Crippen molar-refractivity contribution in [2.24, 2.45) is 20.0 Å². The lowest BCUT2D eigenvalue weighted by atomic mass is 10.0. The molecule has 0 saturated heterocycles. The third kappa shape index (κ3) is 3.48. The number of aliphatic hydroxyl groups excluding tert-OH is 1. The molecular weight excluding hydrogens is 327 g/mol. The zero-order valence-corrected chi connectivity index (χ0v) is 14.1. The Labute approximate surface area is 144 Å². The number of halogens is 1. The Morgan fingerprint density at radius 1 is 1.32 bits per heavy atom. The molecule has 0 aliphatic heterocycles. The summed E-state index contributed by atoms with van der Waals surface area (Å²) in [4.78, 5) is 23.9. The number of carbonyl (C=O) groups excluding carboxylic acids is 1. The van der Waals surface area contributed by atoms with Crippen molar-refractivity contribution in [1.82, 2.24) is 19.7 Å². The average Bonchev–Trinajstić information content (AvgIpc) is 3.08. The largest absolute Gasteiger partial charge is 0.393 e. The number of amides is 1. The van der Waals surface area contributed by atoms with Crippen molar-refractivity contribution in [3.63, 3.8) is 0 Å². The Morgan fingerprint density at radius 2 is 2.00 bits per heavy atom. The zero-order valence-electron chi connectivity index (χ0n) is 14.1. The van der Waals surface area contributed by atoms with E-state index in [2.05, 4.69) is 10.4 Å².